The van der Waals surface area contributed by atoms with E-state index in [9.17, 15) is 19.7 Å². The van der Waals surface area contributed by atoms with Gasteiger partial charge in [-0.05, 0) is 25.1 Å². The third kappa shape index (κ3) is 4.15. The van der Waals surface area contributed by atoms with Crippen LogP contribution in [0.15, 0.2) is 54.9 Å². The number of hydrogen-bond acceptors (Lipinski definition) is 5. The number of anilines is 2. The molecular formula is C18H15N5O4. The van der Waals surface area contributed by atoms with Crippen molar-refractivity contribution in [1.29, 1.82) is 0 Å². The number of nitro benzene ring substituents is 1. The number of aryl methyl sites for hydroxylation is 1. The van der Waals surface area contributed by atoms with Gasteiger partial charge in [-0.3, -0.25) is 19.7 Å². The monoisotopic (exact) mass is 365 g/mol. The van der Waals surface area contributed by atoms with Crippen LogP contribution in [-0.4, -0.2) is 26.7 Å². The molecule has 3 N–H and O–H groups in total. The molecule has 0 radical (unpaired) electrons. The summed E-state index contributed by atoms with van der Waals surface area (Å²) in [6.07, 6.45) is 1.23. The molecule has 0 aliphatic rings. The average molecular weight is 365 g/mol. The number of aromatic nitrogens is 2. The highest BCUT2D eigenvalue weighted by Gasteiger charge is 2.21. The van der Waals surface area contributed by atoms with Crippen LogP contribution in [0.25, 0.3) is 0 Å². The predicted molar refractivity (Wildman–Crippen MR) is 98.8 cm³/mol. The molecule has 2 amide bonds. The van der Waals surface area contributed by atoms with Crippen molar-refractivity contribution in [3.05, 3.63) is 81.9 Å². The van der Waals surface area contributed by atoms with Crippen molar-refractivity contribution < 1.29 is 14.5 Å². The second-order valence-electron chi connectivity index (χ2n) is 5.71. The Balaban J connectivity index is 1.76. The maximum atomic E-state index is 12.4. The molecule has 3 aromatic rings. The van der Waals surface area contributed by atoms with Crippen LogP contribution in [0.3, 0.4) is 0 Å². The second-order valence-corrected chi connectivity index (χ2v) is 5.71. The zero-order valence-electron chi connectivity index (χ0n) is 14.2. The van der Waals surface area contributed by atoms with Crippen LogP contribution >= 0.6 is 0 Å². The zero-order valence-corrected chi connectivity index (χ0v) is 14.2. The van der Waals surface area contributed by atoms with Gasteiger partial charge in [0.1, 0.15) is 5.69 Å². The Hall–Kier alpha value is -4.01. The quantitative estimate of drug-likeness (QED) is 0.472. The van der Waals surface area contributed by atoms with Crippen LogP contribution in [0.5, 0.6) is 0 Å². The molecule has 1 heterocycles. The van der Waals surface area contributed by atoms with Crippen LogP contribution in [0.4, 0.5) is 17.1 Å². The number of nitrogens with one attached hydrogen (secondary N) is 3. The SMILES string of the molecule is Cc1ccc(NC(=O)c2[nH]cnc2C(=O)Nc2cccc([N+](=O)[O-])c2)cc1. The lowest BCUT2D eigenvalue weighted by molar-refractivity contribution is -0.384. The van der Waals surface area contributed by atoms with E-state index in [1.807, 2.05) is 19.1 Å². The second kappa shape index (κ2) is 7.48. The van der Waals surface area contributed by atoms with E-state index in [-0.39, 0.29) is 22.8 Å². The molecule has 0 aliphatic carbocycles. The van der Waals surface area contributed by atoms with E-state index in [4.69, 9.17) is 0 Å². The number of hydrogen-bond donors (Lipinski definition) is 3. The summed E-state index contributed by atoms with van der Waals surface area (Å²) in [5, 5.41) is 16.0. The molecule has 0 atom stereocenters. The molecule has 0 spiro atoms. The van der Waals surface area contributed by atoms with Crippen LogP contribution in [-0.2, 0) is 0 Å². The third-order valence-electron chi connectivity index (χ3n) is 3.71. The Morgan fingerprint density at radius 3 is 2.44 bits per heavy atom. The number of imidazole rings is 1. The molecule has 9 nitrogen and oxygen atoms in total. The number of non-ortho nitro benzene ring substituents is 1. The van der Waals surface area contributed by atoms with Gasteiger partial charge in [-0.2, -0.15) is 0 Å². The summed E-state index contributed by atoms with van der Waals surface area (Å²) in [5.41, 5.74) is 1.55. The third-order valence-corrected chi connectivity index (χ3v) is 3.71. The number of amides is 2. The largest absolute Gasteiger partial charge is 0.340 e. The van der Waals surface area contributed by atoms with E-state index < -0.39 is 16.7 Å². The van der Waals surface area contributed by atoms with Gasteiger partial charge in [0.15, 0.2) is 5.69 Å². The summed E-state index contributed by atoms with van der Waals surface area (Å²) < 4.78 is 0. The fraction of sp³-hybridized carbons (Fsp3) is 0.0556. The van der Waals surface area contributed by atoms with E-state index in [0.29, 0.717) is 5.69 Å². The molecular weight excluding hydrogens is 350 g/mol. The maximum absolute atomic E-state index is 12.4. The summed E-state index contributed by atoms with van der Waals surface area (Å²) in [5.74, 6) is -1.19. The maximum Gasteiger partial charge on any atom is 0.276 e. The summed E-state index contributed by atoms with van der Waals surface area (Å²) in [4.78, 5) is 41.7. The molecule has 136 valence electrons. The summed E-state index contributed by atoms with van der Waals surface area (Å²) in [6.45, 7) is 1.93. The Morgan fingerprint density at radius 1 is 1.04 bits per heavy atom. The molecule has 27 heavy (non-hydrogen) atoms. The fourth-order valence-corrected chi connectivity index (χ4v) is 2.36. The Bertz CT molecular complexity index is 1010. The molecule has 3 rings (SSSR count). The van der Waals surface area contributed by atoms with Crippen LogP contribution in [0.2, 0.25) is 0 Å². The lowest BCUT2D eigenvalue weighted by atomic mass is 10.2. The zero-order chi connectivity index (χ0) is 19.4. The first-order valence-corrected chi connectivity index (χ1v) is 7.91. The van der Waals surface area contributed by atoms with E-state index >= 15 is 0 Å². The van der Waals surface area contributed by atoms with Gasteiger partial charge in [0.2, 0.25) is 0 Å². The van der Waals surface area contributed by atoms with Crippen molar-refractivity contribution >= 4 is 28.9 Å². The minimum atomic E-state index is -0.661. The fourth-order valence-electron chi connectivity index (χ4n) is 2.36. The van der Waals surface area contributed by atoms with Crippen LogP contribution in [0, 0.1) is 17.0 Å². The number of nitrogens with zero attached hydrogens (tertiary/aromatic N) is 2. The van der Waals surface area contributed by atoms with Gasteiger partial charge in [-0.25, -0.2) is 4.98 Å². The average Bonchev–Trinajstić information content (AvgIpc) is 3.14. The van der Waals surface area contributed by atoms with Crippen molar-refractivity contribution in [2.75, 3.05) is 10.6 Å². The molecule has 0 saturated carbocycles. The molecule has 0 aliphatic heterocycles. The first-order chi connectivity index (χ1) is 12.9. The van der Waals surface area contributed by atoms with Crippen LogP contribution < -0.4 is 10.6 Å². The van der Waals surface area contributed by atoms with Crippen molar-refractivity contribution in [3.63, 3.8) is 0 Å². The highest BCUT2D eigenvalue weighted by Crippen LogP contribution is 2.18. The van der Waals surface area contributed by atoms with Gasteiger partial charge in [0.25, 0.3) is 17.5 Å². The summed E-state index contributed by atoms with van der Waals surface area (Å²) in [7, 11) is 0. The summed E-state index contributed by atoms with van der Waals surface area (Å²) >= 11 is 0. The van der Waals surface area contributed by atoms with Gasteiger partial charge in [0, 0.05) is 23.5 Å². The lowest BCUT2D eigenvalue weighted by Gasteiger charge is -2.07. The molecule has 1 aromatic heterocycles. The first kappa shape index (κ1) is 17.8. The molecule has 0 bridgehead atoms. The lowest BCUT2D eigenvalue weighted by Crippen LogP contribution is -2.20. The molecule has 0 unspecified atom stereocenters. The number of carbonyl (C=O) groups excluding carboxylic acids is 2. The number of carbonyl (C=O) groups is 2. The highest BCUT2D eigenvalue weighted by molar-refractivity contribution is 6.13. The van der Waals surface area contributed by atoms with Crippen LogP contribution in [0.1, 0.15) is 26.5 Å². The van der Waals surface area contributed by atoms with Gasteiger partial charge in [0.05, 0.1) is 11.3 Å². The number of benzene rings is 2. The molecule has 0 fully saturated rings. The van der Waals surface area contributed by atoms with Crippen molar-refractivity contribution in [1.82, 2.24) is 9.97 Å². The Morgan fingerprint density at radius 2 is 1.74 bits per heavy atom. The number of aromatic amines is 1. The number of rotatable bonds is 5. The topological polar surface area (TPSA) is 130 Å². The van der Waals surface area contributed by atoms with Crippen molar-refractivity contribution in [2.24, 2.45) is 0 Å². The molecule has 2 aromatic carbocycles. The number of nitro groups is 1. The molecule has 9 heteroatoms. The number of H-pyrrole nitrogens is 1. The van der Waals surface area contributed by atoms with E-state index in [1.54, 1.807) is 12.1 Å². The van der Waals surface area contributed by atoms with Gasteiger partial charge < -0.3 is 15.6 Å². The Kier molecular flexibility index (Phi) is 4.93. The van der Waals surface area contributed by atoms with E-state index in [0.717, 1.165) is 5.56 Å². The summed E-state index contributed by atoms with van der Waals surface area (Å²) in [6, 6.07) is 12.7. The van der Waals surface area contributed by atoms with Gasteiger partial charge >= 0.3 is 0 Å². The smallest absolute Gasteiger partial charge is 0.276 e. The van der Waals surface area contributed by atoms with E-state index in [2.05, 4.69) is 20.6 Å². The normalized spacial score (nSPS) is 10.3. The van der Waals surface area contributed by atoms with Crippen molar-refractivity contribution in [3.8, 4) is 0 Å². The van der Waals surface area contributed by atoms with Crippen molar-refractivity contribution in [2.45, 2.75) is 6.92 Å². The molecule has 0 saturated heterocycles. The van der Waals surface area contributed by atoms with E-state index in [1.165, 1.54) is 30.6 Å². The standard InChI is InChI=1S/C18H15N5O4/c1-11-5-7-12(8-6-11)21-17(24)15-16(20-10-19-15)18(25)22-13-3-2-4-14(9-13)23(26)27/h2-10H,1H3,(H,19,20)(H,21,24)(H,22,25). The van der Waals surface area contributed by atoms with Gasteiger partial charge in [-0.15, -0.1) is 0 Å². The first-order valence-electron chi connectivity index (χ1n) is 7.91. The Labute approximate surface area is 153 Å². The minimum absolute atomic E-state index is 0.0153. The highest BCUT2D eigenvalue weighted by atomic mass is 16.6. The predicted octanol–water partition coefficient (Wildman–Crippen LogP) is 3.13. The minimum Gasteiger partial charge on any atom is -0.340 e. The van der Waals surface area contributed by atoms with Gasteiger partial charge in [-0.1, -0.05) is 23.8 Å².